The maximum absolute atomic E-state index is 13.7. The second kappa shape index (κ2) is 8.31. The molecule has 3 N–H and O–H groups in total. The molecule has 0 aliphatic heterocycles. The molecule has 29 heavy (non-hydrogen) atoms. The Hall–Kier alpha value is -3.40. The van der Waals surface area contributed by atoms with Crippen LogP contribution in [0.1, 0.15) is 15.9 Å². The number of carbonyl (C=O) groups is 2. The number of methoxy groups -OCH3 is 2. The lowest BCUT2D eigenvalue weighted by Gasteiger charge is -2.15. The number of halogens is 1. The number of carbonyl (C=O) groups excluding carboxylic acids is 2. The van der Waals surface area contributed by atoms with Crippen molar-refractivity contribution in [1.82, 2.24) is 4.98 Å². The van der Waals surface area contributed by atoms with Crippen LogP contribution in [0.4, 0.5) is 9.52 Å². The third-order valence-corrected chi connectivity index (χ3v) is 4.99. The molecule has 0 aliphatic rings. The molecule has 3 aromatic rings. The van der Waals surface area contributed by atoms with Crippen LogP contribution in [0.5, 0.6) is 17.2 Å². The van der Waals surface area contributed by atoms with Gasteiger partial charge in [0.2, 0.25) is 5.75 Å². The molecule has 0 unspecified atom stereocenters. The lowest BCUT2D eigenvalue weighted by atomic mass is 10.1. The van der Waals surface area contributed by atoms with Crippen LogP contribution < -0.4 is 25.3 Å². The van der Waals surface area contributed by atoms with Crippen LogP contribution in [0, 0.1) is 12.7 Å². The average molecular weight is 419 g/mol. The summed E-state index contributed by atoms with van der Waals surface area (Å²) in [7, 11) is 2.77. The zero-order valence-corrected chi connectivity index (χ0v) is 16.7. The number of primary amides is 1. The van der Waals surface area contributed by atoms with Gasteiger partial charge in [0.1, 0.15) is 5.82 Å². The van der Waals surface area contributed by atoms with Gasteiger partial charge < -0.3 is 19.9 Å². The van der Waals surface area contributed by atoms with Gasteiger partial charge in [-0.3, -0.25) is 14.9 Å². The Morgan fingerprint density at radius 3 is 2.45 bits per heavy atom. The number of aromatic nitrogens is 1. The van der Waals surface area contributed by atoms with Gasteiger partial charge in [-0.2, -0.15) is 0 Å². The third-order valence-electron chi connectivity index (χ3n) is 4.05. The van der Waals surface area contributed by atoms with Gasteiger partial charge in [0.05, 0.1) is 24.4 Å². The van der Waals surface area contributed by atoms with Crippen molar-refractivity contribution in [3.8, 4) is 17.2 Å². The fourth-order valence-corrected chi connectivity index (χ4v) is 3.54. The van der Waals surface area contributed by atoms with E-state index in [1.54, 1.807) is 13.0 Å². The van der Waals surface area contributed by atoms with Crippen molar-refractivity contribution in [3.05, 3.63) is 41.2 Å². The standard InChI is InChI=1S/C19H18FN3O5S/c1-9-11(20)4-5-14-16(9)22-19(29-14)23-18(25)10-6-12(26-2)17(13(7-10)27-3)28-8-15(21)24/h4-7H,8H2,1-3H3,(H2,21,24)(H,22,23,25). The van der Waals surface area contributed by atoms with E-state index in [9.17, 15) is 14.0 Å². The maximum Gasteiger partial charge on any atom is 0.257 e. The summed E-state index contributed by atoms with van der Waals surface area (Å²) in [6.07, 6.45) is 0. The molecule has 152 valence electrons. The zero-order valence-electron chi connectivity index (χ0n) is 15.9. The summed E-state index contributed by atoms with van der Waals surface area (Å²) in [4.78, 5) is 28.0. The van der Waals surface area contributed by atoms with Crippen LogP contribution in [-0.4, -0.2) is 37.6 Å². The van der Waals surface area contributed by atoms with E-state index in [-0.39, 0.29) is 35.2 Å². The van der Waals surface area contributed by atoms with Crippen molar-refractivity contribution in [2.24, 2.45) is 5.73 Å². The highest BCUT2D eigenvalue weighted by Gasteiger charge is 2.19. The van der Waals surface area contributed by atoms with Crippen LogP contribution >= 0.6 is 11.3 Å². The summed E-state index contributed by atoms with van der Waals surface area (Å²) in [5.41, 5.74) is 6.23. The Kier molecular flexibility index (Phi) is 5.83. The molecule has 0 aliphatic carbocycles. The molecule has 0 bridgehead atoms. The number of rotatable bonds is 7. The van der Waals surface area contributed by atoms with E-state index >= 15 is 0 Å². The van der Waals surface area contributed by atoms with Crippen molar-refractivity contribution in [2.75, 3.05) is 26.1 Å². The number of hydrogen-bond donors (Lipinski definition) is 2. The van der Waals surface area contributed by atoms with Crippen LogP contribution in [0.15, 0.2) is 24.3 Å². The Morgan fingerprint density at radius 2 is 1.86 bits per heavy atom. The molecule has 3 rings (SSSR count). The molecule has 0 spiro atoms. The minimum atomic E-state index is -0.668. The van der Waals surface area contributed by atoms with Crippen LogP contribution in [0.25, 0.3) is 10.2 Å². The highest BCUT2D eigenvalue weighted by molar-refractivity contribution is 7.22. The largest absolute Gasteiger partial charge is 0.493 e. The Balaban J connectivity index is 1.90. The number of hydrogen-bond acceptors (Lipinski definition) is 7. The molecule has 0 atom stereocenters. The molecule has 1 heterocycles. The van der Waals surface area contributed by atoms with Gasteiger partial charge >= 0.3 is 0 Å². The number of nitrogens with two attached hydrogens (primary N) is 1. The van der Waals surface area contributed by atoms with Crippen molar-refractivity contribution < 1.29 is 28.2 Å². The first-order valence-electron chi connectivity index (χ1n) is 8.38. The predicted molar refractivity (Wildman–Crippen MR) is 107 cm³/mol. The fraction of sp³-hybridized carbons (Fsp3) is 0.211. The van der Waals surface area contributed by atoms with E-state index in [2.05, 4.69) is 10.3 Å². The van der Waals surface area contributed by atoms with Crippen molar-refractivity contribution >= 4 is 38.5 Å². The van der Waals surface area contributed by atoms with Gasteiger partial charge in [0.25, 0.3) is 11.8 Å². The summed E-state index contributed by atoms with van der Waals surface area (Å²) < 4.78 is 30.3. The second-order valence-corrected chi connectivity index (χ2v) is 6.99. The van der Waals surface area contributed by atoms with E-state index in [1.165, 1.54) is 43.8 Å². The first-order chi connectivity index (χ1) is 13.8. The Labute approximate surface area is 169 Å². The molecule has 0 radical (unpaired) electrons. The lowest BCUT2D eigenvalue weighted by molar-refractivity contribution is -0.120. The molecule has 10 heteroatoms. The van der Waals surface area contributed by atoms with Crippen molar-refractivity contribution in [1.29, 1.82) is 0 Å². The van der Waals surface area contributed by atoms with Gasteiger partial charge in [-0.1, -0.05) is 11.3 Å². The average Bonchev–Trinajstić information content (AvgIpc) is 3.11. The molecule has 0 saturated carbocycles. The number of nitrogens with one attached hydrogen (secondary N) is 1. The van der Waals surface area contributed by atoms with Crippen molar-refractivity contribution in [2.45, 2.75) is 6.92 Å². The molecular formula is C19H18FN3O5S. The van der Waals surface area contributed by atoms with E-state index in [0.29, 0.717) is 16.2 Å². The van der Waals surface area contributed by atoms with Gasteiger partial charge in [0.15, 0.2) is 23.2 Å². The van der Waals surface area contributed by atoms with E-state index in [0.717, 1.165) is 4.70 Å². The van der Waals surface area contributed by atoms with Gasteiger partial charge in [-0.05, 0) is 31.2 Å². The molecule has 2 aromatic carbocycles. The molecule has 0 saturated heterocycles. The number of nitrogens with zero attached hydrogens (tertiary/aromatic N) is 1. The summed E-state index contributed by atoms with van der Waals surface area (Å²) in [5.74, 6) is -0.965. The quantitative estimate of drug-likeness (QED) is 0.609. The Morgan fingerprint density at radius 1 is 1.21 bits per heavy atom. The SMILES string of the molecule is COc1cc(C(=O)Nc2nc3c(C)c(F)ccc3s2)cc(OC)c1OCC(N)=O. The predicted octanol–water partition coefficient (Wildman–Crippen LogP) is 2.88. The monoisotopic (exact) mass is 419 g/mol. The molecule has 8 nitrogen and oxygen atoms in total. The minimum absolute atomic E-state index is 0.149. The van der Waals surface area contributed by atoms with E-state index in [1.807, 2.05) is 0 Å². The number of anilines is 1. The lowest BCUT2D eigenvalue weighted by Crippen LogP contribution is -2.20. The number of benzene rings is 2. The summed E-state index contributed by atoms with van der Waals surface area (Å²) in [5, 5.41) is 3.01. The third kappa shape index (κ3) is 4.21. The highest BCUT2D eigenvalue weighted by Crippen LogP contribution is 2.39. The molecule has 1 aromatic heterocycles. The van der Waals surface area contributed by atoms with Gasteiger partial charge in [0, 0.05) is 11.1 Å². The zero-order chi connectivity index (χ0) is 21.1. The molecule has 2 amide bonds. The van der Waals surface area contributed by atoms with Gasteiger partial charge in [-0.25, -0.2) is 9.37 Å². The van der Waals surface area contributed by atoms with Crippen LogP contribution in [-0.2, 0) is 4.79 Å². The number of amides is 2. The summed E-state index contributed by atoms with van der Waals surface area (Å²) in [6.45, 7) is 1.25. The van der Waals surface area contributed by atoms with E-state index < -0.39 is 11.8 Å². The molecule has 0 fully saturated rings. The van der Waals surface area contributed by atoms with Crippen LogP contribution in [0.2, 0.25) is 0 Å². The smallest absolute Gasteiger partial charge is 0.257 e. The second-order valence-electron chi connectivity index (χ2n) is 5.96. The Bertz CT molecular complexity index is 1070. The first kappa shape index (κ1) is 20.3. The number of aryl methyl sites for hydroxylation is 1. The fourth-order valence-electron chi connectivity index (χ4n) is 2.62. The first-order valence-corrected chi connectivity index (χ1v) is 9.19. The highest BCUT2D eigenvalue weighted by atomic mass is 32.1. The topological polar surface area (TPSA) is 113 Å². The van der Waals surface area contributed by atoms with Gasteiger partial charge in [-0.15, -0.1) is 0 Å². The van der Waals surface area contributed by atoms with Crippen LogP contribution in [0.3, 0.4) is 0 Å². The number of ether oxygens (including phenoxy) is 3. The summed E-state index contributed by atoms with van der Waals surface area (Å²) in [6, 6.07) is 5.85. The normalized spacial score (nSPS) is 10.6. The maximum atomic E-state index is 13.7. The number of fused-ring (bicyclic) bond motifs is 1. The summed E-state index contributed by atoms with van der Waals surface area (Å²) >= 11 is 1.23. The molecular weight excluding hydrogens is 401 g/mol. The van der Waals surface area contributed by atoms with Crippen molar-refractivity contribution in [3.63, 3.8) is 0 Å². The van der Waals surface area contributed by atoms with E-state index in [4.69, 9.17) is 19.9 Å². The number of thiazole rings is 1. The minimum Gasteiger partial charge on any atom is -0.493 e.